The van der Waals surface area contributed by atoms with Crippen molar-refractivity contribution in [2.45, 2.75) is 172 Å². The van der Waals surface area contributed by atoms with E-state index in [0.717, 1.165) is 4.90 Å². The molecule has 22 nitrogen and oxygen atoms in total. The summed E-state index contributed by atoms with van der Waals surface area (Å²) < 4.78 is 5.98. The van der Waals surface area contributed by atoms with Crippen LogP contribution in [-0.2, 0) is 60.7 Å². The Morgan fingerprint density at radius 3 is 2.12 bits per heavy atom. The highest BCUT2D eigenvalue weighted by molar-refractivity contribution is 5.98. The lowest BCUT2D eigenvalue weighted by Crippen LogP contribution is -2.65. The average molecular weight is 1060 g/mol. The highest BCUT2D eigenvalue weighted by Gasteiger charge is 2.46. The SMILES string of the molecule is CCC(C)C1NC(=O)C(Cc2ccccc2)N(C)C(=O)C(CC(C)C)N2C(=O)C(CCC2O)NC(=O)C(CC2C=CC(O)CC2)NC(=O)C(NC(=O)C(CCC(N)=O)NC(=O)C(O)Cc2ccc(O)cc2)C(C)OC1=O. The van der Waals surface area contributed by atoms with E-state index in [4.69, 9.17) is 10.5 Å². The van der Waals surface area contributed by atoms with Gasteiger partial charge in [0.2, 0.25) is 47.3 Å². The second-order valence-corrected chi connectivity index (χ2v) is 20.7. The molecule has 0 spiro atoms. The topological polar surface area (TPSA) is 336 Å². The molecule has 2 heterocycles. The number of nitrogens with two attached hydrogens (primary N) is 1. The number of primary amides is 1. The molecule has 13 unspecified atom stereocenters. The Hall–Kier alpha value is -6.91. The first-order valence-electron chi connectivity index (χ1n) is 26.1. The van der Waals surface area contributed by atoms with Gasteiger partial charge in [-0.1, -0.05) is 88.7 Å². The van der Waals surface area contributed by atoms with Crippen LogP contribution in [0, 0.1) is 17.8 Å². The minimum atomic E-state index is -1.88. The van der Waals surface area contributed by atoms with Gasteiger partial charge in [0.05, 0.1) is 6.10 Å². The van der Waals surface area contributed by atoms with E-state index in [0.29, 0.717) is 30.4 Å². The number of phenolic OH excluding ortho intramolecular Hbond substituents is 1. The number of hydrogen-bond donors (Lipinski definition) is 10. The largest absolute Gasteiger partial charge is 0.508 e. The number of likely N-dealkylation sites (N-methyl/N-ethyl adjacent to an activating group) is 1. The lowest BCUT2D eigenvalue weighted by molar-refractivity contribution is -0.166. The number of aliphatic hydroxyl groups is 3. The smallest absolute Gasteiger partial charge is 0.329 e. The number of piperidine rings is 1. The Balaban J connectivity index is 1.60. The van der Waals surface area contributed by atoms with Gasteiger partial charge in [0.15, 0.2) is 0 Å². The standard InChI is InChI=1S/C54H76N8O14/c1-7-30(4)45-54(75)76-31(5)46(60-47(68)37(21-23-43(55)66)56-50(71)42(65)28-34-15-19-36(64)20-16-34)51(72)58-39(26-33-13-17-35(63)18-14-33)48(69)57-38-22-24-44(67)62(52(38)73)41(25-29(2)3)53(74)61(6)40(49(70)59-45)27-32-11-9-8-10-12-32/h8-13,15-17,19-20,29-31,33,35,37-42,44-46,63-65,67H,7,14,18,21-28H2,1-6H3,(H2,55,66)(H,56,71)(H,57,69)(H,58,72)(H,59,70)(H,60,68). The van der Waals surface area contributed by atoms with Crippen molar-refractivity contribution in [2.24, 2.45) is 23.5 Å². The number of allylic oxidation sites excluding steroid dienone is 1. The first-order chi connectivity index (χ1) is 36.0. The Morgan fingerprint density at radius 1 is 0.816 bits per heavy atom. The maximum absolute atomic E-state index is 14.9. The molecular formula is C54H76N8O14. The van der Waals surface area contributed by atoms with Crippen molar-refractivity contribution in [1.29, 1.82) is 0 Å². The molecule has 8 amide bonds. The van der Waals surface area contributed by atoms with E-state index in [2.05, 4.69) is 26.6 Å². The summed E-state index contributed by atoms with van der Waals surface area (Å²) in [6.45, 7) is 8.35. The number of nitrogens with zero attached hydrogens (tertiary/aromatic N) is 2. The number of aliphatic hydroxyl groups excluding tert-OH is 3. The molecule has 3 aliphatic rings. The van der Waals surface area contributed by atoms with E-state index in [9.17, 15) is 63.6 Å². The number of carbonyl (C=O) groups is 9. The van der Waals surface area contributed by atoms with Crippen LogP contribution in [0.2, 0.25) is 0 Å². The van der Waals surface area contributed by atoms with Gasteiger partial charge in [-0.25, -0.2) is 4.79 Å². The van der Waals surface area contributed by atoms with Crippen LogP contribution in [0.5, 0.6) is 5.75 Å². The predicted molar refractivity (Wildman–Crippen MR) is 275 cm³/mol. The molecule has 11 N–H and O–H groups in total. The number of fused-ring (bicyclic) bond motifs is 2. The van der Waals surface area contributed by atoms with E-state index in [1.807, 2.05) is 13.8 Å². The quantitative estimate of drug-likeness (QED) is 0.0744. The van der Waals surface area contributed by atoms with Crippen LogP contribution < -0.4 is 32.3 Å². The zero-order valence-corrected chi connectivity index (χ0v) is 44.1. The van der Waals surface area contributed by atoms with Crippen molar-refractivity contribution in [1.82, 2.24) is 36.4 Å². The number of aromatic hydroxyl groups is 1. The van der Waals surface area contributed by atoms with E-state index >= 15 is 0 Å². The van der Waals surface area contributed by atoms with E-state index < -0.39 is 145 Å². The highest BCUT2D eigenvalue weighted by Crippen LogP contribution is 2.28. The van der Waals surface area contributed by atoms with E-state index in [1.165, 1.54) is 43.1 Å². The van der Waals surface area contributed by atoms with E-state index in [1.54, 1.807) is 56.3 Å². The van der Waals surface area contributed by atoms with Crippen LogP contribution in [0.4, 0.5) is 0 Å². The number of rotatable bonds is 17. The molecular weight excluding hydrogens is 985 g/mol. The minimum absolute atomic E-state index is 0.0468. The van der Waals surface area contributed by atoms with Crippen molar-refractivity contribution in [3.05, 3.63) is 77.9 Å². The summed E-state index contributed by atoms with van der Waals surface area (Å²) in [5.41, 5.74) is 6.54. The summed E-state index contributed by atoms with van der Waals surface area (Å²) in [4.78, 5) is 131. The molecule has 22 heteroatoms. The number of hydrogen-bond acceptors (Lipinski definition) is 14. The minimum Gasteiger partial charge on any atom is -0.508 e. The number of carbonyl (C=O) groups excluding carboxylic acids is 9. The van der Waals surface area contributed by atoms with Crippen LogP contribution in [0.3, 0.4) is 0 Å². The molecule has 2 aliphatic heterocycles. The zero-order chi connectivity index (χ0) is 56.0. The van der Waals surface area contributed by atoms with Crippen LogP contribution in [0.25, 0.3) is 0 Å². The molecule has 0 radical (unpaired) electrons. The molecule has 76 heavy (non-hydrogen) atoms. The number of nitrogens with one attached hydrogen (secondary N) is 5. The third kappa shape index (κ3) is 16.5. The Kier molecular flexibility index (Phi) is 21.9. The lowest BCUT2D eigenvalue weighted by Gasteiger charge is -2.43. The van der Waals surface area contributed by atoms with Crippen molar-refractivity contribution in [3.8, 4) is 5.75 Å². The summed E-state index contributed by atoms with van der Waals surface area (Å²) >= 11 is 0. The molecule has 2 bridgehead atoms. The Labute approximate surface area is 442 Å². The van der Waals surface area contributed by atoms with Crippen molar-refractivity contribution >= 4 is 53.2 Å². The summed E-state index contributed by atoms with van der Waals surface area (Å²) in [6, 6.07) is 4.07. The van der Waals surface area contributed by atoms with Gasteiger partial charge in [0, 0.05) is 26.3 Å². The normalized spacial score (nSPS) is 27.3. The van der Waals surface area contributed by atoms with Gasteiger partial charge < -0.3 is 67.3 Å². The second kappa shape index (κ2) is 27.8. The van der Waals surface area contributed by atoms with Gasteiger partial charge in [-0.3, -0.25) is 38.4 Å². The fourth-order valence-corrected chi connectivity index (χ4v) is 9.60. The van der Waals surface area contributed by atoms with Gasteiger partial charge in [-0.15, -0.1) is 0 Å². The number of cyclic esters (lactones) is 1. The molecule has 2 aromatic rings. The lowest BCUT2D eigenvalue weighted by atomic mass is 9.88. The Bertz CT molecular complexity index is 2400. The molecule has 2 fully saturated rings. The average Bonchev–Trinajstić information content (AvgIpc) is 3.38. The fraction of sp³-hybridized carbons (Fsp3) is 0.574. The highest BCUT2D eigenvalue weighted by atomic mass is 16.5. The summed E-state index contributed by atoms with van der Waals surface area (Å²) in [5, 5.41) is 55.5. The van der Waals surface area contributed by atoms with Gasteiger partial charge >= 0.3 is 5.97 Å². The maximum Gasteiger partial charge on any atom is 0.329 e. The second-order valence-electron chi connectivity index (χ2n) is 20.7. The molecule has 2 aromatic carbocycles. The maximum atomic E-state index is 14.9. The molecule has 5 rings (SSSR count). The van der Waals surface area contributed by atoms with Crippen LogP contribution >= 0.6 is 0 Å². The van der Waals surface area contributed by atoms with Crippen LogP contribution in [-0.4, -0.2) is 157 Å². The number of phenols is 1. The molecule has 13 atom stereocenters. The van der Waals surface area contributed by atoms with E-state index in [-0.39, 0.29) is 50.2 Å². The molecule has 0 saturated carbocycles. The number of esters is 1. The monoisotopic (exact) mass is 1060 g/mol. The van der Waals surface area contributed by atoms with Crippen LogP contribution in [0.15, 0.2) is 66.7 Å². The molecule has 416 valence electrons. The summed E-state index contributed by atoms with van der Waals surface area (Å²) in [6.07, 6.45) is -2.68. The summed E-state index contributed by atoms with van der Waals surface area (Å²) in [5.74, 6) is -9.56. The van der Waals surface area contributed by atoms with Crippen LogP contribution in [0.1, 0.15) is 104 Å². The third-order valence-corrected chi connectivity index (χ3v) is 14.3. The fourth-order valence-electron chi connectivity index (χ4n) is 9.60. The third-order valence-electron chi connectivity index (χ3n) is 14.3. The first-order valence-corrected chi connectivity index (χ1v) is 26.1. The number of ether oxygens (including phenoxy) is 1. The Morgan fingerprint density at radius 2 is 1.50 bits per heavy atom. The van der Waals surface area contributed by atoms with Crippen molar-refractivity contribution in [3.63, 3.8) is 0 Å². The number of amides is 8. The predicted octanol–water partition coefficient (Wildman–Crippen LogP) is 0.119. The summed E-state index contributed by atoms with van der Waals surface area (Å²) in [7, 11) is 1.40. The van der Waals surface area contributed by atoms with Gasteiger partial charge in [0.25, 0.3) is 0 Å². The molecule has 2 saturated heterocycles. The van der Waals surface area contributed by atoms with Gasteiger partial charge in [-0.2, -0.15) is 0 Å². The molecule has 1 aliphatic carbocycles. The number of benzene rings is 2. The van der Waals surface area contributed by atoms with Crippen molar-refractivity contribution < 1.29 is 68.3 Å². The zero-order valence-electron chi connectivity index (χ0n) is 44.1. The first kappa shape index (κ1) is 60.0. The van der Waals surface area contributed by atoms with Gasteiger partial charge in [-0.05, 0) is 92.9 Å². The molecule has 0 aromatic heterocycles. The van der Waals surface area contributed by atoms with Gasteiger partial charge in [0.1, 0.15) is 66.5 Å². The van der Waals surface area contributed by atoms with Crippen molar-refractivity contribution in [2.75, 3.05) is 7.05 Å².